The van der Waals surface area contributed by atoms with Gasteiger partial charge in [-0.25, -0.2) is 4.39 Å². The number of aromatic nitrogens is 1. The van der Waals surface area contributed by atoms with E-state index in [0.29, 0.717) is 5.56 Å². The van der Waals surface area contributed by atoms with Gasteiger partial charge in [-0.3, -0.25) is 9.78 Å². The van der Waals surface area contributed by atoms with Gasteiger partial charge in [-0.05, 0) is 6.07 Å². The number of nitrogens with zero attached hydrogens (tertiary/aromatic N) is 1. The first-order chi connectivity index (χ1) is 6.61. The highest BCUT2D eigenvalue weighted by molar-refractivity contribution is 5.77. The van der Waals surface area contributed by atoms with Crippen LogP contribution in [-0.4, -0.2) is 10.9 Å². The molecule has 4 heteroatoms. The van der Waals surface area contributed by atoms with Crippen LogP contribution in [-0.2, 0) is 11.3 Å². The van der Waals surface area contributed by atoms with Crippen molar-refractivity contribution < 1.29 is 9.18 Å². The van der Waals surface area contributed by atoms with Crippen LogP contribution in [0, 0.1) is 11.7 Å². The molecule has 0 bridgehead atoms. The minimum absolute atomic E-state index is 0.0822. The van der Waals surface area contributed by atoms with Crippen LogP contribution in [0.5, 0.6) is 0 Å². The van der Waals surface area contributed by atoms with Crippen LogP contribution >= 0.6 is 0 Å². The second-order valence-corrected chi connectivity index (χ2v) is 3.34. The Hall–Kier alpha value is -1.45. The van der Waals surface area contributed by atoms with Gasteiger partial charge in [0.25, 0.3) is 0 Å². The van der Waals surface area contributed by atoms with E-state index in [9.17, 15) is 9.18 Å². The van der Waals surface area contributed by atoms with Crippen LogP contribution in [0.15, 0.2) is 18.5 Å². The number of carbonyl (C=O) groups is 1. The zero-order valence-corrected chi connectivity index (χ0v) is 8.25. The van der Waals surface area contributed by atoms with Crippen LogP contribution in [0.4, 0.5) is 4.39 Å². The van der Waals surface area contributed by atoms with E-state index in [1.165, 1.54) is 6.20 Å². The summed E-state index contributed by atoms with van der Waals surface area (Å²) in [7, 11) is 0. The minimum Gasteiger partial charge on any atom is -0.352 e. The van der Waals surface area contributed by atoms with Crippen LogP contribution in [0.1, 0.15) is 19.4 Å². The first-order valence-electron chi connectivity index (χ1n) is 4.47. The lowest BCUT2D eigenvalue weighted by molar-refractivity contribution is -0.124. The van der Waals surface area contributed by atoms with E-state index in [4.69, 9.17) is 0 Å². The second-order valence-electron chi connectivity index (χ2n) is 3.34. The van der Waals surface area contributed by atoms with Crippen molar-refractivity contribution in [3.8, 4) is 0 Å². The van der Waals surface area contributed by atoms with Crippen molar-refractivity contribution in [2.75, 3.05) is 0 Å². The summed E-state index contributed by atoms with van der Waals surface area (Å²) in [5.41, 5.74) is 0.453. The van der Waals surface area contributed by atoms with E-state index >= 15 is 0 Å². The maximum Gasteiger partial charge on any atom is 0.222 e. The molecule has 0 aromatic carbocycles. The van der Waals surface area contributed by atoms with Gasteiger partial charge in [0, 0.05) is 24.2 Å². The summed E-state index contributed by atoms with van der Waals surface area (Å²) in [6.07, 6.45) is 2.64. The Labute approximate surface area is 82.4 Å². The number of amides is 1. The van der Waals surface area contributed by atoms with E-state index in [0.717, 1.165) is 6.20 Å². The van der Waals surface area contributed by atoms with Gasteiger partial charge in [-0.1, -0.05) is 13.8 Å². The molecule has 0 aliphatic rings. The molecule has 1 heterocycles. The predicted octanol–water partition coefficient (Wildman–Crippen LogP) is 1.49. The van der Waals surface area contributed by atoms with Crippen LogP contribution in [0.3, 0.4) is 0 Å². The number of halogens is 1. The van der Waals surface area contributed by atoms with Gasteiger partial charge in [0.15, 0.2) is 0 Å². The van der Waals surface area contributed by atoms with Crippen molar-refractivity contribution in [3.05, 3.63) is 29.8 Å². The van der Waals surface area contributed by atoms with E-state index < -0.39 is 5.82 Å². The Morgan fingerprint density at radius 2 is 2.36 bits per heavy atom. The minimum atomic E-state index is -0.392. The third-order valence-corrected chi connectivity index (χ3v) is 1.83. The molecule has 14 heavy (non-hydrogen) atoms. The van der Waals surface area contributed by atoms with Crippen molar-refractivity contribution in [1.82, 2.24) is 10.3 Å². The number of hydrogen-bond donors (Lipinski definition) is 1. The summed E-state index contributed by atoms with van der Waals surface area (Å²) in [6.45, 7) is 3.79. The van der Waals surface area contributed by atoms with Gasteiger partial charge in [0.2, 0.25) is 5.91 Å². The lowest BCUT2D eigenvalue weighted by Crippen LogP contribution is -2.27. The van der Waals surface area contributed by atoms with Gasteiger partial charge in [-0.2, -0.15) is 0 Å². The smallest absolute Gasteiger partial charge is 0.222 e. The summed E-state index contributed by atoms with van der Waals surface area (Å²) < 4.78 is 13.0. The molecule has 1 aromatic heterocycles. The van der Waals surface area contributed by atoms with E-state index in [1.54, 1.807) is 19.9 Å². The van der Waals surface area contributed by atoms with Gasteiger partial charge >= 0.3 is 0 Å². The van der Waals surface area contributed by atoms with Crippen LogP contribution in [0.2, 0.25) is 0 Å². The van der Waals surface area contributed by atoms with Crippen LogP contribution in [0.25, 0.3) is 0 Å². The molecule has 0 aliphatic heterocycles. The van der Waals surface area contributed by atoms with E-state index in [1.807, 2.05) is 0 Å². The molecule has 0 aliphatic carbocycles. The molecule has 0 unspecified atom stereocenters. The van der Waals surface area contributed by atoms with Gasteiger partial charge in [0.05, 0.1) is 6.20 Å². The quantitative estimate of drug-likeness (QED) is 0.795. The largest absolute Gasteiger partial charge is 0.352 e. The molecule has 0 fully saturated rings. The highest BCUT2D eigenvalue weighted by atomic mass is 19.1. The van der Waals surface area contributed by atoms with Gasteiger partial charge in [-0.15, -0.1) is 0 Å². The van der Waals surface area contributed by atoms with Crippen molar-refractivity contribution in [3.63, 3.8) is 0 Å². The zero-order valence-electron chi connectivity index (χ0n) is 8.25. The highest BCUT2D eigenvalue weighted by Crippen LogP contribution is 2.04. The number of carbonyl (C=O) groups excluding carboxylic acids is 1. The molecular weight excluding hydrogens is 183 g/mol. The summed E-state index contributed by atoms with van der Waals surface area (Å²) in [5.74, 6) is -0.558. The SMILES string of the molecule is CC(C)C(=O)NCc1ccncc1F. The highest BCUT2D eigenvalue weighted by Gasteiger charge is 2.07. The molecule has 1 rings (SSSR count). The molecular formula is C10H13FN2O. The number of rotatable bonds is 3. The molecule has 1 amide bonds. The zero-order chi connectivity index (χ0) is 10.6. The lowest BCUT2D eigenvalue weighted by atomic mass is 10.2. The lowest BCUT2D eigenvalue weighted by Gasteiger charge is -2.07. The molecule has 0 saturated carbocycles. The van der Waals surface area contributed by atoms with Crippen molar-refractivity contribution in [2.24, 2.45) is 5.92 Å². The van der Waals surface area contributed by atoms with E-state index in [-0.39, 0.29) is 18.4 Å². The Bertz CT molecular complexity index is 326. The molecule has 0 spiro atoms. The molecule has 0 radical (unpaired) electrons. The summed E-state index contributed by atoms with van der Waals surface area (Å²) in [5, 5.41) is 2.63. The topological polar surface area (TPSA) is 42.0 Å². The molecule has 0 saturated heterocycles. The monoisotopic (exact) mass is 196 g/mol. The van der Waals surface area contributed by atoms with Crippen molar-refractivity contribution in [1.29, 1.82) is 0 Å². The molecule has 0 atom stereocenters. The maximum atomic E-state index is 13.0. The average molecular weight is 196 g/mol. The fourth-order valence-corrected chi connectivity index (χ4v) is 0.934. The summed E-state index contributed by atoms with van der Waals surface area (Å²) in [4.78, 5) is 14.8. The fraction of sp³-hybridized carbons (Fsp3) is 0.400. The third-order valence-electron chi connectivity index (χ3n) is 1.83. The van der Waals surface area contributed by atoms with Crippen LogP contribution < -0.4 is 5.32 Å². The first-order valence-corrected chi connectivity index (χ1v) is 4.47. The number of hydrogen-bond acceptors (Lipinski definition) is 2. The molecule has 1 N–H and O–H groups in total. The van der Waals surface area contributed by atoms with E-state index in [2.05, 4.69) is 10.3 Å². The summed E-state index contributed by atoms with van der Waals surface area (Å²) in [6, 6.07) is 1.55. The Balaban J connectivity index is 2.54. The Morgan fingerprint density at radius 1 is 1.64 bits per heavy atom. The normalized spacial score (nSPS) is 10.3. The van der Waals surface area contributed by atoms with Crippen molar-refractivity contribution in [2.45, 2.75) is 20.4 Å². The Morgan fingerprint density at radius 3 is 2.93 bits per heavy atom. The molecule has 3 nitrogen and oxygen atoms in total. The second kappa shape index (κ2) is 4.69. The average Bonchev–Trinajstić information content (AvgIpc) is 2.16. The van der Waals surface area contributed by atoms with Gasteiger partial charge in [0.1, 0.15) is 5.82 Å². The summed E-state index contributed by atoms with van der Waals surface area (Å²) >= 11 is 0. The molecule has 1 aromatic rings. The molecule has 76 valence electrons. The fourth-order valence-electron chi connectivity index (χ4n) is 0.934. The number of pyridine rings is 1. The standard InChI is InChI=1S/C10H13FN2O/c1-7(2)10(14)13-5-8-3-4-12-6-9(8)11/h3-4,6-7H,5H2,1-2H3,(H,13,14). The van der Waals surface area contributed by atoms with Crippen molar-refractivity contribution >= 4 is 5.91 Å². The van der Waals surface area contributed by atoms with Gasteiger partial charge < -0.3 is 5.32 Å². The Kier molecular flexibility index (Phi) is 3.56. The predicted molar refractivity (Wildman–Crippen MR) is 50.9 cm³/mol. The first kappa shape index (κ1) is 10.6. The third kappa shape index (κ3) is 2.80. The maximum absolute atomic E-state index is 13.0. The number of nitrogens with one attached hydrogen (secondary N) is 1.